The first-order chi connectivity index (χ1) is 16.1. The molecule has 3 unspecified atom stereocenters. The molecule has 1 fully saturated rings. The van der Waals surface area contributed by atoms with E-state index >= 15 is 0 Å². The summed E-state index contributed by atoms with van der Waals surface area (Å²) in [5.74, 6) is -0.469. The van der Waals surface area contributed by atoms with Gasteiger partial charge in [-0.25, -0.2) is 4.98 Å². The summed E-state index contributed by atoms with van der Waals surface area (Å²) < 4.78 is 7.63. The molecular weight excluding hydrogens is 420 g/mol. The Morgan fingerprint density at radius 1 is 1.15 bits per heavy atom. The summed E-state index contributed by atoms with van der Waals surface area (Å²) in [5.41, 5.74) is 3.09. The fourth-order valence-corrected chi connectivity index (χ4v) is 4.20. The molecule has 2 amide bonds. The number of aromatic amines is 1. The lowest BCUT2D eigenvalue weighted by Gasteiger charge is -2.44. The highest BCUT2D eigenvalue weighted by molar-refractivity contribution is 6.06. The number of nitrogens with zero attached hydrogens (tertiary/aromatic N) is 3. The highest BCUT2D eigenvalue weighted by atomic mass is 16.5. The number of hydrogen-bond donors (Lipinski definition) is 3. The van der Waals surface area contributed by atoms with Crippen molar-refractivity contribution >= 4 is 28.5 Å². The molecule has 0 spiro atoms. The van der Waals surface area contributed by atoms with Gasteiger partial charge in [0, 0.05) is 35.8 Å². The summed E-state index contributed by atoms with van der Waals surface area (Å²) in [6, 6.07) is 13.9. The van der Waals surface area contributed by atoms with Crippen molar-refractivity contribution in [3.05, 3.63) is 78.4 Å². The third-order valence-corrected chi connectivity index (χ3v) is 5.87. The molecule has 3 atom stereocenters. The minimum absolute atomic E-state index is 0.0121. The molecule has 33 heavy (non-hydrogen) atoms. The van der Waals surface area contributed by atoms with Crippen molar-refractivity contribution in [3.8, 4) is 0 Å². The number of nitrogens with one attached hydrogen (secondary N) is 3. The van der Waals surface area contributed by atoms with E-state index in [1.165, 1.54) is 0 Å². The molecule has 2 aromatic carbocycles. The van der Waals surface area contributed by atoms with Crippen molar-refractivity contribution in [1.29, 1.82) is 0 Å². The number of ether oxygens (including phenoxy) is 1. The topological polar surface area (TPSA) is 114 Å². The molecular formula is C24H24N6O3. The van der Waals surface area contributed by atoms with Crippen molar-refractivity contribution in [1.82, 2.24) is 25.1 Å². The van der Waals surface area contributed by atoms with Gasteiger partial charge < -0.3 is 20.4 Å². The number of carbonyl (C=O) groups excluding carboxylic acids is 2. The SMILES string of the molecule is CCOC1CC(NC(=O)c2cccc(NC(=O)c3ccc4nc[nH]c4c3)c2)C1n1cccn1. The van der Waals surface area contributed by atoms with Crippen LogP contribution in [0.1, 0.15) is 40.1 Å². The zero-order chi connectivity index (χ0) is 22.8. The molecule has 2 heterocycles. The van der Waals surface area contributed by atoms with Crippen LogP contribution in [0.25, 0.3) is 11.0 Å². The van der Waals surface area contributed by atoms with Crippen LogP contribution in [0.2, 0.25) is 0 Å². The van der Waals surface area contributed by atoms with Gasteiger partial charge in [0.25, 0.3) is 11.8 Å². The average molecular weight is 444 g/mol. The summed E-state index contributed by atoms with van der Waals surface area (Å²) in [4.78, 5) is 32.8. The Hall–Kier alpha value is -3.98. The summed E-state index contributed by atoms with van der Waals surface area (Å²) in [7, 11) is 0. The van der Waals surface area contributed by atoms with Crippen molar-refractivity contribution < 1.29 is 14.3 Å². The first-order valence-corrected chi connectivity index (χ1v) is 10.9. The van der Waals surface area contributed by atoms with Crippen molar-refractivity contribution in [2.45, 2.75) is 31.5 Å². The van der Waals surface area contributed by atoms with E-state index in [1.807, 2.05) is 23.9 Å². The second kappa shape index (κ2) is 8.87. The summed E-state index contributed by atoms with van der Waals surface area (Å²) in [6.45, 7) is 2.57. The second-order valence-corrected chi connectivity index (χ2v) is 7.96. The van der Waals surface area contributed by atoms with Crippen LogP contribution in [-0.4, -0.2) is 50.3 Å². The molecule has 1 aliphatic carbocycles. The number of aromatic nitrogens is 4. The molecule has 5 rings (SSSR count). The van der Waals surface area contributed by atoms with Gasteiger partial charge in [-0.1, -0.05) is 6.07 Å². The van der Waals surface area contributed by atoms with Crippen molar-refractivity contribution in [3.63, 3.8) is 0 Å². The van der Waals surface area contributed by atoms with Crippen LogP contribution in [0, 0.1) is 0 Å². The van der Waals surface area contributed by atoms with Crippen molar-refractivity contribution in [2.24, 2.45) is 0 Å². The van der Waals surface area contributed by atoms with Crippen LogP contribution >= 0.6 is 0 Å². The molecule has 1 aliphatic rings. The molecule has 3 N–H and O–H groups in total. The Labute approximate surface area is 190 Å². The zero-order valence-electron chi connectivity index (χ0n) is 18.1. The van der Waals surface area contributed by atoms with E-state index in [4.69, 9.17) is 4.74 Å². The third kappa shape index (κ3) is 4.22. The lowest BCUT2D eigenvalue weighted by atomic mass is 9.82. The molecule has 0 saturated heterocycles. The number of amides is 2. The van der Waals surface area contributed by atoms with Gasteiger partial charge in [0.15, 0.2) is 0 Å². The standard InChI is InChI=1S/C24H24N6O3/c1-2-33-21-13-20(22(21)30-10-4-9-27-30)29-24(32)15-5-3-6-17(11-15)28-23(31)16-7-8-18-19(12-16)26-14-25-18/h3-12,14,20-22H,2,13H2,1H3,(H,25,26)(H,28,31)(H,29,32). The molecule has 2 aromatic heterocycles. The van der Waals surface area contributed by atoms with Crippen LogP contribution in [0.5, 0.6) is 0 Å². The first-order valence-electron chi connectivity index (χ1n) is 10.9. The maximum Gasteiger partial charge on any atom is 0.255 e. The molecule has 9 heteroatoms. The number of rotatable bonds is 7. The predicted molar refractivity (Wildman–Crippen MR) is 123 cm³/mol. The van der Waals surface area contributed by atoms with E-state index in [0.717, 1.165) is 17.5 Å². The fourth-order valence-electron chi connectivity index (χ4n) is 4.20. The molecule has 0 aliphatic heterocycles. The highest BCUT2D eigenvalue weighted by Gasteiger charge is 2.44. The third-order valence-electron chi connectivity index (χ3n) is 5.87. The van der Waals surface area contributed by atoms with E-state index < -0.39 is 0 Å². The highest BCUT2D eigenvalue weighted by Crippen LogP contribution is 2.35. The minimum Gasteiger partial charge on any atom is -0.376 e. The number of carbonyl (C=O) groups is 2. The fraction of sp³-hybridized carbons (Fsp3) is 0.250. The maximum absolute atomic E-state index is 12.9. The zero-order valence-corrected chi connectivity index (χ0v) is 18.1. The van der Waals surface area contributed by atoms with Gasteiger partial charge in [0.2, 0.25) is 0 Å². The van der Waals surface area contributed by atoms with Gasteiger partial charge in [0.05, 0.1) is 35.5 Å². The molecule has 4 aromatic rings. The Bertz CT molecular complexity index is 1280. The van der Waals surface area contributed by atoms with Crippen LogP contribution in [-0.2, 0) is 4.74 Å². The number of hydrogen-bond acceptors (Lipinski definition) is 5. The van der Waals surface area contributed by atoms with E-state index in [9.17, 15) is 9.59 Å². The summed E-state index contributed by atoms with van der Waals surface area (Å²) >= 11 is 0. The first kappa shape index (κ1) is 20.9. The number of fused-ring (bicyclic) bond motifs is 1. The predicted octanol–water partition coefficient (Wildman–Crippen LogP) is 3.16. The van der Waals surface area contributed by atoms with Crippen LogP contribution in [0.15, 0.2) is 67.3 Å². The Balaban J connectivity index is 1.26. The van der Waals surface area contributed by atoms with E-state index in [-0.39, 0.29) is 30.0 Å². The van der Waals surface area contributed by atoms with Gasteiger partial charge in [-0.2, -0.15) is 5.10 Å². The second-order valence-electron chi connectivity index (χ2n) is 7.96. The van der Waals surface area contributed by atoms with Gasteiger partial charge in [-0.15, -0.1) is 0 Å². The normalized spacial score (nSPS) is 19.7. The number of anilines is 1. The molecule has 168 valence electrons. The lowest BCUT2D eigenvalue weighted by molar-refractivity contribution is -0.0583. The van der Waals surface area contributed by atoms with Gasteiger partial charge in [-0.3, -0.25) is 14.3 Å². The lowest BCUT2D eigenvalue weighted by Crippen LogP contribution is -2.57. The van der Waals surface area contributed by atoms with Crippen LogP contribution in [0.4, 0.5) is 5.69 Å². The largest absolute Gasteiger partial charge is 0.376 e. The number of imidazole rings is 1. The molecule has 0 bridgehead atoms. The Morgan fingerprint density at radius 2 is 2.03 bits per heavy atom. The smallest absolute Gasteiger partial charge is 0.255 e. The van der Waals surface area contributed by atoms with Crippen molar-refractivity contribution in [2.75, 3.05) is 11.9 Å². The monoisotopic (exact) mass is 444 g/mol. The van der Waals surface area contributed by atoms with Crippen LogP contribution in [0.3, 0.4) is 0 Å². The molecule has 9 nitrogen and oxygen atoms in total. The van der Waals surface area contributed by atoms with E-state index in [0.29, 0.717) is 23.4 Å². The Kier molecular flexibility index (Phi) is 5.62. The maximum atomic E-state index is 12.9. The Morgan fingerprint density at radius 3 is 2.85 bits per heavy atom. The molecule has 0 radical (unpaired) electrons. The quantitative estimate of drug-likeness (QED) is 0.405. The van der Waals surface area contributed by atoms with Gasteiger partial charge >= 0.3 is 0 Å². The molecule has 1 saturated carbocycles. The summed E-state index contributed by atoms with van der Waals surface area (Å²) in [6.07, 6.45) is 5.92. The van der Waals surface area contributed by atoms with Gasteiger partial charge in [-0.05, 0) is 55.8 Å². The van der Waals surface area contributed by atoms with E-state index in [1.54, 1.807) is 55.0 Å². The average Bonchev–Trinajstić information content (AvgIpc) is 3.50. The minimum atomic E-state index is -0.263. The number of H-pyrrole nitrogens is 1. The van der Waals surface area contributed by atoms with Crippen LogP contribution < -0.4 is 10.6 Å². The summed E-state index contributed by atoms with van der Waals surface area (Å²) in [5, 5.41) is 10.3. The number of benzene rings is 2. The van der Waals surface area contributed by atoms with Gasteiger partial charge in [0.1, 0.15) is 0 Å². The van der Waals surface area contributed by atoms with E-state index in [2.05, 4.69) is 25.7 Å².